The number of hydrazone groups is 1. The number of benzene rings is 3. The highest BCUT2D eigenvalue weighted by atomic mass is 19.1. The summed E-state index contributed by atoms with van der Waals surface area (Å²) in [4.78, 5) is 13.4. The minimum atomic E-state index is -0.356. The van der Waals surface area contributed by atoms with E-state index >= 15 is 0 Å². The number of nitrogens with zero attached hydrogens (tertiary/aromatic N) is 2. The molecule has 1 heterocycles. The van der Waals surface area contributed by atoms with E-state index in [1.807, 2.05) is 36.4 Å². The van der Waals surface area contributed by atoms with Gasteiger partial charge in [-0.15, -0.1) is 0 Å². The Morgan fingerprint density at radius 2 is 1.61 bits per heavy atom. The van der Waals surface area contributed by atoms with E-state index in [0.717, 1.165) is 36.1 Å². The molecular formula is C27H23FN2O. The molecule has 1 fully saturated rings. The fraction of sp³-hybridized carbons (Fsp3) is 0.185. The average molecular weight is 410 g/mol. The molecule has 0 bridgehead atoms. The summed E-state index contributed by atoms with van der Waals surface area (Å²) < 4.78 is 13.4. The summed E-state index contributed by atoms with van der Waals surface area (Å²) in [5, 5.41) is 6.50. The van der Waals surface area contributed by atoms with Crippen LogP contribution in [0.3, 0.4) is 0 Å². The molecule has 4 heteroatoms. The molecule has 1 amide bonds. The van der Waals surface area contributed by atoms with Gasteiger partial charge in [0, 0.05) is 11.5 Å². The van der Waals surface area contributed by atoms with Gasteiger partial charge in [-0.2, -0.15) is 5.10 Å². The molecular weight excluding hydrogens is 387 g/mol. The number of hydrogen-bond acceptors (Lipinski definition) is 2. The minimum absolute atomic E-state index is 0.149. The van der Waals surface area contributed by atoms with Gasteiger partial charge in [-0.05, 0) is 66.3 Å². The van der Waals surface area contributed by atoms with E-state index < -0.39 is 0 Å². The lowest BCUT2D eigenvalue weighted by Gasteiger charge is -2.29. The van der Waals surface area contributed by atoms with Crippen LogP contribution in [0.15, 0.2) is 95.6 Å². The number of fused-ring (bicyclic) bond motifs is 1. The normalized spacial score (nSPS) is 21.6. The van der Waals surface area contributed by atoms with Gasteiger partial charge in [0.05, 0.1) is 11.8 Å². The minimum Gasteiger partial charge on any atom is -0.267 e. The second kappa shape index (κ2) is 8.31. The second-order valence-electron chi connectivity index (χ2n) is 8.08. The third-order valence-corrected chi connectivity index (χ3v) is 6.08. The van der Waals surface area contributed by atoms with Crippen LogP contribution >= 0.6 is 0 Å². The van der Waals surface area contributed by atoms with Gasteiger partial charge >= 0.3 is 0 Å². The molecule has 2 atom stereocenters. The Morgan fingerprint density at radius 3 is 2.32 bits per heavy atom. The molecule has 0 radical (unpaired) electrons. The zero-order valence-electron chi connectivity index (χ0n) is 17.1. The van der Waals surface area contributed by atoms with Gasteiger partial charge in [-0.1, -0.05) is 60.7 Å². The third kappa shape index (κ3) is 3.81. The standard InChI is InChI=1S/C27H23FN2O/c28-23-16-14-21(15-17-23)27(31)30-26(20-10-5-2-6-11-20)24-13-7-12-22(25(24)29-30)18-19-8-3-1-4-9-19/h1-6,8-11,14-18,24,26H,7,12-13H2/b22-18+/t24-,26-/m1/s1. The van der Waals surface area contributed by atoms with Gasteiger partial charge in [0.2, 0.25) is 0 Å². The summed E-state index contributed by atoms with van der Waals surface area (Å²) >= 11 is 0. The van der Waals surface area contributed by atoms with Crippen molar-refractivity contribution >= 4 is 17.7 Å². The van der Waals surface area contributed by atoms with Crippen LogP contribution in [0.5, 0.6) is 0 Å². The summed E-state index contributed by atoms with van der Waals surface area (Å²) in [5.41, 5.74) is 4.85. The van der Waals surface area contributed by atoms with Crippen LogP contribution in [0.1, 0.15) is 46.8 Å². The SMILES string of the molecule is O=C(c1ccc(F)cc1)N1N=C2/C(=C/c3ccccc3)CCC[C@H]2[C@H]1c1ccccc1. The molecule has 0 saturated heterocycles. The third-order valence-electron chi connectivity index (χ3n) is 6.08. The van der Waals surface area contributed by atoms with Gasteiger partial charge in [-0.25, -0.2) is 9.40 Å². The highest BCUT2D eigenvalue weighted by Gasteiger charge is 2.43. The van der Waals surface area contributed by atoms with Crippen LogP contribution in [0.25, 0.3) is 6.08 Å². The number of halogens is 1. The van der Waals surface area contributed by atoms with E-state index in [0.29, 0.717) is 5.56 Å². The van der Waals surface area contributed by atoms with Gasteiger partial charge in [0.15, 0.2) is 0 Å². The van der Waals surface area contributed by atoms with E-state index in [-0.39, 0.29) is 23.7 Å². The molecule has 0 aromatic heterocycles. The monoisotopic (exact) mass is 410 g/mol. The number of hydrogen-bond donors (Lipinski definition) is 0. The Labute approximate surface area is 181 Å². The molecule has 0 spiro atoms. The van der Waals surface area contributed by atoms with Crippen molar-refractivity contribution in [2.75, 3.05) is 0 Å². The van der Waals surface area contributed by atoms with Gasteiger partial charge in [0.25, 0.3) is 5.91 Å². The van der Waals surface area contributed by atoms with Crippen molar-refractivity contribution in [3.05, 3.63) is 113 Å². The summed E-state index contributed by atoms with van der Waals surface area (Å²) in [7, 11) is 0. The van der Waals surface area contributed by atoms with Gasteiger partial charge < -0.3 is 0 Å². The molecule has 3 aromatic carbocycles. The zero-order valence-corrected chi connectivity index (χ0v) is 17.1. The van der Waals surface area contributed by atoms with Crippen molar-refractivity contribution in [3.63, 3.8) is 0 Å². The van der Waals surface area contributed by atoms with Gasteiger partial charge in [0.1, 0.15) is 5.82 Å². The Morgan fingerprint density at radius 1 is 0.935 bits per heavy atom. The first kappa shape index (κ1) is 19.4. The molecule has 0 unspecified atom stereocenters. The highest BCUT2D eigenvalue weighted by Crippen LogP contribution is 2.44. The van der Waals surface area contributed by atoms with Crippen LogP contribution in [0.4, 0.5) is 4.39 Å². The topological polar surface area (TPSA) is 32.7 Å². The molecule has 1 aliphatic heterocycles. The Hall–Kier alpha value is -3.53. The largest absolute Gasteiger partial charge is 0.274 e. The van der Waals surface area contributed by atoms with Crippen molar-refractivity contribution < 1.29 is 9.18 Å². The maximum absolute atomic E-state index is 13.4. The molecule has 3 nitrogen and oxygen atoms in total. The predicted octanol–water partition coefficient (Wildman–Crippen LogP) is 6.26. The van der Waals surface area contributed by atoms with E-state index in [4.69, 9.17) is 5.10 Å². The number of carbonyl (C=O) groups excluding carboxylic acids is 1. The van der Waals surface area contributed by atoms with Crippen molar-refractivity contribution in [2.45, 2.75) is 25.3 Å². The molecule has 154 valence electrons. The summed E-state index contributed by atoms with van der Waals surface area (Å²) in [6.07, 6.45) is 5.19. The Kier molecular flexibility index (Phi) is 5.21. The number of carbonyl (C=O) groups is 1. The maximum atomic E-state index is 13.4. The fourth-order valence-electron chi connectivity index (χ4n) is 4.63. The zero-order chi connectivity index (χ0) is 21.2. The highest BCUT2D eigenvalue weighted by molar-refractivity contribution is 6.09. The lowest BCUT2D eigenvalue weighted by atomic mass is 9.77. The smallest absolute Gasteiger partial charge is 0.267 e. The Bertz CT molecular complexity index is 1140. The fourth-order valence-corrected chi connectivity index (χ4v) is 4.63. The molecule has 0 N–H and O–H groups in total. The summed E-state index contributed by atoms with van der Waals surface area (Å²) in [6, 6.07) is 25.9. The van der Waals surface area contributed by atoms with E-state index in [1.54, 1.807) is 5.01 Å². The second-order valence-corrected chi connectivity index (χ2v) is 8.08. The van der Waals surface area contributed by atoms with Crippen LogP contribution in [0, 0.1) is 11.7 Å². The molecule has 5 rings (SSSR count). The lowest BCUT2D eigenvalue weighted by molar-refractivity contribution is 0.0681. The summed E-state index contributed by atoms with van der Waals surface area (Å²) in [6.45, 7) is 0. The summed E-state index contributed by atoms with van der Waals surface area (Å²) in [5.74, 6) is -0.407. The molecule has 2 aliphatic rings. The lowest BCUT2D eigenvalue weighted by Crippen LogP contribution is -2.31. The molecule has 31 heavy (non-hydrogen) atoms. The van der Waals surface area contributed by atoms with Crippen LogP contribution in [-0.2, 0) is 0 Å². The Balaban J connectivity index is 1.57. The van der Waals surface area contributed by atoms with Crippen LogP contribution in [-0.4, -0.2) is 16.6 Å². The number of allylic oxidation sites excluding steroid dienone is 1. The maximum Gasteiger partial charge on any atom is 0.274 e. The van der Waals surface area contributed by atoms with E-state index in [9.17, 15) is 9.18 Å². The van der Waals surface area contributed by atoms with E-state index in [2.05, 4.69) is 30.3 Å². The molecule has 1 aliphatic carbocycles. The first-order valence-corrected chi connectivity index (χ1v) is 10.7. The molecule has 3 aromatic rings. The van der Waals surface area contributed by atoms with Crippen molar-refractivity contribution in [3.8, 4) is 0 Å². The predicted molar refractivity (Wildman–Crippen MR) is 121 cm³/mol. The number of amides is 1. The first-order chi connectivity index (χ1) is 15.2. The first-order valence-electron chi connectivity index (χ1n) is 10.7. The number of rotatable bonds is 3. The average Bonchev–Trinajstić information content (AvgIpc) is 3.21. The van der Waals surface area contributed by atoms with E-state index in [1.165, 1.54) is 29.8 Å². The molecule has 1 saturated carbocycles. The quantitative estimate of drug-likeness (QED) is 0.501. The van der Waals surface area contributed by atoms with Crippen molar-refractivity contribution in [2.24, 2.45) is 11.0 Å². The van der Waals surface area contributed by atoms with Crippen LogP contribution in [0.2, 0.25) is 0 Å². The van der Waals surface area contributed by atoms with Crippen molar-refractivity contribution in [1.29, 1.82) is 0 Å². The van der Waals surface area contributed by atoms with Crippen LogP contribution < -0.4 is 0 Å². The van der Waals surface area contributed by atoms with Gasteiger partial charge in [-0.3, -0.25) is 4.79 Å². The van der Waals surface area contributed by atoms with Crippen molar-refractivity contribution in [1.82, 2.24) is 5.01 Å².